The zero-order valence-electron chi connectivity index (χ0n) is 15.2. The number of ether oxygens (including phenoxy) is 2. The zero-order valence-corrected chi connectivity index (χ0v) is 15.2. The SMILES string of the molecule is COC(=O)C1CCc2c(-c3cc(OC(F)F)ncc3F)nn(C(C)C)c2C1. The van der Waals surface area contributed by atoms with Gasteiger partial charge in [-0.3, -0.25) is 9.48 Å². The fourth-order valence-corrected chi connectivity index (χ4v) is 3.40. The second-order valence-corrected chi connectivity index (χ2v) is 6.66. The molecule has 0 fully saturated rings. The molecule has 1 aliphatic carbocycles. The first-order chi connectivity index (χ1) is 12.8. The first-order valence-corrected chi connectivity index (χ1v) is 8.60. The van der Waals surface area contributed by atoms with Gasteiger partial charge in [-0.2, -0.15) is 13.9 Å². The fourth-order valence-electron chi connectivity index (χ4n) is 3.40. The van der Waals surface area contributed by atoms with Gasteiger partial charge < -0.3 is 9.47 Å². The summed E-state index contributed by atoms with van der Waals surface area (Å²) >= 11 is 0. The minimum absolute atomic E-state index is 0.0226. The van der Waals surface area contributed by atoms with Gasteiger partial charge in [-0.15, -0.1) is 0 Å². The van der Waals surface area contributed by atoms with Crippen LogP contribution in [0.2, 0.25) is 0 Å². The Balaban J connectivity index is 2.07. The van der Waals surface area contributed by atoms with E-state index in [0.29, 0.717) is 25.0 Å². The molecule has 0 bridgehead atoms. The third-order valence-corrected chi connectivity index (χ3v) is 4.62. The minimum Gasteiger partial charge on any atom is -0.469 e. The van der Waals surface area contributed by atoms with E-state index < -0.39 is 12.4 Å². The van der Waals surface area contributed by atoms with Gasteiger partial charge in [0.05, 0.1) is 24.9 Å². The summed E-state index contributed by atoms with van der Waals surface area (Å²) in [4.78, 5) is 15.5. The first-order valence-electron chi connectivity index (χ1n) is 8.60. The minimum atomic E-state index is -3.06. The molecule has 0 radical (unpaired) electrons. The average molecular weight is 383 g/mol. The van der Waals surface area contributed by atoms with E-state index in [1.165, 1.54) is 7.11 Å². The molecule has 9 heteroatoms. The van der Waals surface area contributed by atoms with Crippen molar-refractivity contribution in [1.82, 2.24) is 14.8 Å². The molecule has 2 aromatic rings. The maximum absolute atomic E-state index is 14.4. The molecule has 0 saturated carbocycles. The van der Waals surface area contributed by atoms with Crippen molar-refractivity contribution in [3.63, 3.8) is 0 Å². The Morgan fingerprint density at radius 1 is 1.37 bits per heavy atom. The number of halogens is 3. The highest BCUT2D eigenvalue weighted by molar-refractivity contribution is 5.74. The number of carbonyl (C=O) groups excluding carboxylic acids is 1. The number of fused-ring (bicyclic) bond motifs is 1. The van der Waals surface area contributed by atoms with Gasteiger partial charge in [0.2, 0.25) is 5.88 Å². The molecule has 0 amide bonds. The summed E-state index contributed by atoms with van der Waals surface area (Å²) in [5.41, 5.74) is 2.04. The highest BCUT2D eigenvalue weighted by Gasteiger charge is 2.32. The van der Waals surface area contributed by atoms with Crippen LogP contribution in [-0.4, -0.2) is 34.5 Å². The largest absolute Gasteiger partial charge is 0.469 e. The van der Waals surface area contributed by atoms with Crippen molar-refractivity contribution in [2.75, 3.05) is 7.11 Å². The summed E-state index contributed by atoms with van der Waals surface area (Å²) in [6, 6.07) is 1.10. The Morgan fingerprint density at radius 2 is 2.11 bits per heavy atom. The quantitative estimate of drug-likeness (QED) is 0.739. The average Bonchev–Trinajstić information content (AvgIpc) is 3.01. The third kappa shape index (κ3) is 3.77. The van der Waals surface area contributed by atoms with Crippen LogP contribution in [-0.2, 0) is 22.4 Å². The van der Waals surface area contributed by atoms with E-state index in [1.54, 1.807) is 4.68 Å². The monoisotopic (exact) mass is 383 g/mol. The highest BCUT2D eigenvalue weighted by Crippen LogP contribution is 2.37. The van der Waals surface area contributed by atoms with E-state index in [1.807, 2.05) is 13.8 Å². The number of carbonyl (C=O) groups is 1. The molecule has 0 spiro atoms. The van der Waals surface area contributed by atoms with Crippen molar-refractivity contribution in [1.29, 1.82) is 0 Å². The lowest BCUT2D eigenvalue weighted by molar-refractivity contribution is -0.145. The molecule has 0 aliphatic heterocycles. The smallest absolute Gasteiger partial charge is 0.388 e. The highest BCUT2D eigenvalue weighted by atomic mass is 19.3. The van der Waals surface area contributed by atoms with Gasteiger partial charge in [0.15, 0.2) is 5.82 Å². The molecule has 1 atom stereocenters. The number of alkyl halides is 2. The van der Waals surface area contributed by atoms with Crippen molar-refractivity contribution >= 4 is 5.97 Å². The molecule has 0 aromatic carbocycles. The molecule has 1 unspecified atom stereocenters. The van der Waals surface area contributed by atoms with E-state index in [2.05, 4.69) is 14.8 Å². The van der Waals surface area contributed by atoms with E-state index in [0.717, 1.165) is 23.5 Å². The van der Waals surface area contributed by atoms with Crippen LogP contribution in [0.3, 0.4) is 0 Å². The number of pyridine rings is 1. The molecule has 6 nitrogen and oxygen atoms in total. The molecular weight excluding hydrogens is 363 g/mol. The van der Waals surface area contributed by atoms with Crippen LogP contribution in [0.5, 0.6) is 5.88 Å². The van der Waals surface area contributed by atoms with Gasteiger partial charge in [-0.1, -0.05) is 0 Å². The molecule has 27 heavy (non-hydrogen) atoms. The van der Waals surface area contributed by atoms with Gasteiger partial charge in [0.25, 0.3) is 0 Å². The van der Waals surface area contributed by atoms with Crippen molar-refractivity contribution in [3.05, 3.63) is 29.3 Å². The van der Waals surface area contributed by atoms with Crippen molar-refractivity contribution in [2.45, 2.75) is 45.8 Å². The summed E-state index contributed by atoms with van der Waals surface area (Å²) in [6.45, 7) is 0.791. The van der Waals surface area contributed by atoms with Crippen LogP contribution in [0.25, 0.3) is 11.3 Å². The van der Waals surface area contributed by atoms with E-state index in [-0.39, 0.29) is 29.4 Å². The van der Waals surface area contributed by atoms with E-state index in [9.17, 15) is 18.0 Å². The van der Waals surface area contributed by atoms with E-state index >= 15 is 0 Å². The van der Waals surface area contributed by atoms with Gasteiger partial charge in [-0.05, 0) is 26.7 Å². The maximum atomic E-state index is 14.4. The first kappa shape index (κ1) is 19.2. The van der Waals surface area contributed by atoms with Crippen LogP contribution in [0.15, 0.2) is 12.3 Å². The normalized spacial score (nSPS) is 16.5. The molecule has 0 N–H and O–H groups in total. The fraction of sp³-hybridized carbons (Fsp3) is 0.500. The number of rotatable bonds is 5. The Morgan fingerprint density at radius 3 is 2.74 bits per heavy atom. The van der Waals surface area contributed by atoms with Crippen LogP contribution >= 0.6 is 0 Å². The van der Waals surface area contributed by atoms with Crippen LogP contribution in [0, 0.1) is 11.7 Å². The Kier molecular flexibility index (Phi) is 5.38. The number of methoxy groups -OCH3 is 1. The third-order valence-electron chi connectivity index (χ3n) is 4.62. The molecule has 146 valence electrons. The Hall–Kier alpha value is -2.58. The molecular formula is C18H20F3N3O3. The van der Waals surface area contributed by atoms with Crippen molar-refractivity contribution in [2.24, 2.45) is 5.92 Å². The predicted octanol–water partition coefficient (Wildman–Crippen LogP) is 3.54. The topological polar surface area (TPSA) is 66.2 Å². The van der Waals surface area contributed by atoms with Crippen LogP contribution in [0.1, 0.15) is 37.6 Å². The zero-order chi connectivity index (χ0) is 19.7. The molecule has 2 heterocycles. The van der Waals surface area contributed by atoms with Gasteiger partial charge in [0, 0.05) is 35.3 Å². The van der Waals surface area contributed by atoms with Gasteiger partial charge in [0.1, 0.15) is 0 Å². The molecule has 2 aromatic heterocycles. The lowest BCUT2D eigenvalue weighted by Crippen LogP contribution is -2.25. The number of esters is 1. The maximum Gasteiger partial charge on any atom is 0.388 e. The Labute approximate surface area is 154 Å². The number of hydrogen-bond donors (Lipinski definition) is 0. The summed E-state index contributed by atoms with van der Waals surface area (Å²) in [5, 5.41) is 4.52. The van der Waals surface area contributed by atoms with Gasteiger partial charge in [-0.25, -0.2) is 9.37 Å². The summed E-state index contributed by atoms with van der Waals surface area (Å²) in [7, 11) is 1.35. The molecule has 3 rings (SSSR count). The summed E-state index contributed by atoms with van der Waals surface area (Å²) in [6.07, 6.45) is 2.32. The number of nitrogens with zero attached hydrogens (tertiary/aromatic N) is 3. The lowest BCUT2D eigenvalue weighted by atomic mass is 9.85. The number of aromatic nitrogens is 3. The molecule has 0 saturated heterocycles. The van der Waals surface area contributed by atoms with Gasteiger partial charge >= 0.3 is 12.6 Å². The van der Waals surface area contributed by atoms with Crippen LogP contribution < -0.4 is 4.74 Å². The Bertz CT molecular complexity index is 852. The summed E-state index contributed by atoms with van der Waals surface area (Å²) in [5.74, 6) is -1.63. The number of hydrogen-bond acceptors (Lipinski definition) is 5. The van der Waals surface area contributed by atoms with Crippen molar-refractivity contribution in [3.8, 4) is 17.1 Å². The predicted molar refractivity (Wildman–Crippen MR) is 90.0 cm³/mol. The second kappa shape index (κ2) is 7.58. The van der Waals surface area contributed by atoms with Crippen LogP contribution in [0.4, 0.5) is 13.2 Å². The van der Waals surface area contributed by atoms with E-state index in [4.69, 9.17) is 4.74 Å². The summed E-state index contributed by atoms with van der Waals surface area (Å²) < 4.78 is 50.2. The molecule has 1 aliphatic rings. The van der Waals surface area contributed by atoms with Crippen molar-refractivity contribution < 1.29 is 27.4 Å². The lowest BCUT2D eigenvalue weighted by Gasteiger charge is -2.22. The second-order valence-electron chi connectivity index (χ2n) is 6.66. The standard InChI is InChI=1S/C18H20F3N3O3/c1-9(2)24-14-6-10(17(25)26-3)4-5-11(14)16(23-24)12-7-15(27-18(20)21)22-8-13(12)19/h7-10,18H,4-6H2,1-3H3.